The van der Waals surface area contributed by atoms with Gasteiger partial charge in [-0.25, -0.2) is 0 Å². The highest BCUT2D eigenvalue weighted by molar-refractivity contribution is 9.09. The molecule has 218 valence electrons. The molecule has 8 nitrogen and oxygen atoms in total. The highest BCUT2D eigenvalue weighted by Gasteiger charge is 2.77. The predicted molar refractivity (Wildman–Crippen MR) is 157 cm³/mol. The van der Waals surface area contributed by atoms with Crippen molar-refractivity contribution in [3.63, 3.8) is 0 Å². The summed E-state index contributed by atoms with van der Waals surface area (Å²) in [5.74, 6) is -2.84. The molecule has 3 saturated heterocycles. The molecule has 1 aromatic rings. The number of hydrogen-bond donors (Lipinski definition) is 1. The van der Waals surface area contributed by atoms with Gasteiger partial charge in [-0.15, -0.1) is 13.2 Å². The summed E-state index contributed by atoms with van der Waals surface area (Å²) in [6, 6.07) is 5.18. The minimum absolute atomic E-state index is 0.144. The van der Waals surface area contributed by atoms with Gasteiger partial charge in [0.25, 0.3) is 5.91 Å². The molecule has 3 fully saturated rings. The van der Waals surface area contributed by atoms with E-state index in [-0.39, 0.29) is 42.3 Å². The van der Waals surface area contributed by atoms with Crippen LogP contribution < -0.4 is 4.90 Å². The summed E-state index contributed by atoms with van der Waals surface area (Å²) in [6.45, 7) is 11.6. The summed E-state index contributed by atoms with van der Waals surface area (Å²) in [4.78, 5) is 45.1. The third-order valence-corrected chi connectivity index (χ3v) is 9.19. The van der Waals surface area contributed by atoms with Crippen LogP contribution in [0.3, 0.4) is 0 Å². The van der Waals surface area contributed by atoms with Gasteiger partial charge < -0.3 is 24.4 Å². The number of allylic oxidation sites excluding steroid dienone is 1. The van der Waals surface area contributed by atoms with Crippen molar-refractivity contribution in [2.75, 3.05) is 24.7 Å². The monoisotopic (exact) mass is 636 g/mol. The Labute approximate surface area is 249 Å². The number of alkyl halides is 1. The number of likely N-dealkylation sites (tertiary alicyclic amines) is 1. The topological polar surface area (TPSA) is 96.4 Å². The lowest BCUT2D eigenvalue weighted by Crippen LogP contribution is -2.59. The zero-order valence-electron chi connectivity index (χ0n) is 23.0. The minimum atomic E-state index is -1.26. The van der Waals surface area contributed by atoms with Gasteiger partial charge >= 0.3 is 5.97 Å². The molecule has 1 spiro atoms. The molecule has 0 radical (unpaired) electrons. The van der Waals surface area contributed by atoms with Crippen LogP contribution in [0.1, 0.15) is 39.5 Å². The van der Waals surface area contributed by atoms with Crippen molar-refractivity contribution in [1.29, 1.82) is 0 Å². The first-order valence-electron chi connectivity index (χ1n) is 13.8. The van der Waals surface area contributed by atoms with Gasteiger partial charge in [-0.1, -0.05) is 53.5 Å². The quantitative estimate of drug-likeness (QED) is 0.148. The molecule has 7 atom stereocenters. The number of rotatable bonds is 13. The number of benzene rings is 1. The van der Waals surface area contributed by atoms with E-state index in [0.717, 1.165) is 0 Å². The normalized spacial score (nSPS) is 29.4. The Kier molecular flexibility index (Phi) is 9.81. The maximum Gasteiger partial charge on any atom is 0.312 e. The summed E-state index contributed by atoms with van der Waals surface area (Å²) in [6.07, 6.45) is 4.93. The number of halogens is 2. The molecule has 2 bridgehead atoms. The van der Waals surface area contributed by atoms with E-state index in [2.05, 4.69) is 29.1 Å². The van der Waals surface area contributed by atoms with E-state index in [9.17, 15) is 19.5 Å². The molecule has 1 N–H and O–H groups in total. The summed E-state index contributed by atoms with van der Waals surface area (Å²) >= 11 is 9.79. The summed E-state index contributed by atoms with van der Waals surface area (Å²) < 4.78 is 12.2. The molecule has 3 unspecified atom stereocenters. The van der Waals surface area contributed by atoms with Gasteiger partial charge in [0.1, 0.15) is 11.6 Å². The number of unbranched alkanes of at least 4 members (excludes halogenated alkanes) is 1. The zero-order valence-corrected chi connectivity index (χ0v) is 25.4. The van der Waals surface area contributed by atoms with Crippen LogP contribution in [0, 0.1) is 17.8 Å². The Morgan fingerprint density at radius 2 is 2.00 bits per heavy atom. The molecule has 0 aliphatic carbocycles. The van der Waals surface area contributed by atoms with Crippen molar-refractivity contribution >= 4 is 51.0 Å². The molecule has 3 aliphatic heterocycles. The van der Waals surface area contributed by atoms with Crippen LogP contribution >= 0.6 is 27.5 Å². The van der Waals surface area contributed by atoms with Gasteiger partial charge in [0.05, 0.1) is 37.2 Å². The predicted octanol–water partition coefficient (Wildman–Crippen LogP) is 4.52. The lowest BCUT2D eigenvalue weighted by molar-refractivity contribution is -0.155. The molecule has 2 amide bonds. The molecular formula is C30H38BrClN2O6. The highest BCUT2D eigenvalue weighted by atomic mass is 79.9. The van der Waals surface area contributed by atoms with Crippen LogP contribution in [0.4, 0.5) is 5.69 Å². The Balaban J connectivity index is 1.78. The van der Waals surface area contributed by atoms with Crippen LogP contribution in [0.5, 0.6) is 0 Å². The Bertz CT molecular complexity index is 1130. The fourth-order valence-electron chi connectivity index (χ4n) is 6.55. The van der Waals surface area contributed by atoms with E-state index in [1.165, 1.54) is 4.90 Å². The van der Waals surface area contributed by atoms with E-state index in [0.29, 0.717) is 36.4 Å². The molecule has 40 heavy (non-hydrogen) atoms. The van der Waals surface area contributed by atoms with Crippen LogP contribution in [0.15, 0.2) is 49.6 Å². The first-order chi connectivity index (χ1) is 19.1. The number of carbonyl (C=O) groups excluding carboxylic acids is 3. The van der Waals surface area contributed by atoms with Crippen molar-refractivity contribution in [2.45, 2.75) is 68.1 Å². The number of carbonyl (C=O) groups is 3. The fraction of sp³-hybridized carbons (Fsp3) is 0.567. The number of aliphatic hydroxyl groups is 1. The summed E-state index contributed by atoms with van der Waals surface area (Å²) in [5, 5.41) is 11.0. The highest BCUT2D eigenvalue weighted by Crippen LogP contribution is 2.61. The molecule has 10 heteroatoms. The van der Waals surface area contributed by atoms with E-state index in [4.69, 9.17) is 21.1 Å². The van der Waals surface area contributed by atoms with Crippen molar-refractivity contribution in [3.8, 4) is 0 Å². The number of amides is 2. The van der Waals surface area contributed by atoms with Crippen molar-refractivity contribution in [2.24, 2.45) is 17.8 Å². The Hall–Kier alpha value is -2.20. The number of anilines is 1. The van der Waals surface area contributed by atoms with E-state index in [1.807, 2.05) is 13.8 Å². The number of aliphatic hydroxyl groups excluding tert-OH is 1. The average Bonchev–Trinajstić information content (AvgIpc) is 3.51. The van der Waals surface area contributed by atoms with Crippen LogP contribution in [-0.2, 0) is 23.9 Å². The number of nitrogens with zero attached hydrogens (tertiary/aromatic N) is 2. The largest absolute Gasteiger partial charge is 0.465 e. The second kappa shape index (κ2) is 12.8. The van der Waals surface area contributed by atoms with Gasteiger partial charge in [0.2, 0.25) is 5.91 Å². The second-order valence-electron chi connectivity index (χ2n) is 11.2. The summed E-state index contributed by atoms with van der Waals surface area (Å²) in [5.41, 5.74) is -0.666. The van der Waals surface area contributed by atoms with Crippen LogP contribution in [0.2, 0.25) is 5.02 Å². The Morgan fingerprint density at radius 1 is 1.30 bits per heavy atom. The van der Waals surface area contributed by atoms with Gasteiger partial charge in [-0.05, 0) is 55.9 Å². The van der Waals surface area contributed by atoms with E-state index >= 15 is 0 Å². The van der Waals surface area contributed by atoms with Crippen molar-refractivity contribution in [1.82, 2.24) is 4.90 Å². The first kappa shape index (κ1) is 30.8. The smallest absolute Gasteiger partial charge is 0.312 e. The van der Waals surface area contributed by atoms with Crippen molar-refractivity contribution < 1.29 is 29.0 Å². The maximum atomic E-state index is 14.6. The number of fused-ring (bicyclic) bond motifs is 1. The van der Waals surface area contributed by atoms with Gasteiger partial charge in [-0.2, -0.15) is 0 Å². The maximum absolute atomic E-state index is 14.6. The van der Waals surface area contributed by atoms with Crippen molar-refractivity contribution in [3.05, 3.63) is 54.6 Å². The van der Waals surface area contributed by atoms with E-state index < -0.39 is 41.6 Å². The third kappa shape index (κ3) is 5.50. The third-order valence-electron chi connectivity index (χ3n) is 8.09. The number of esters is 1. The average molecular weight is 638 g/mol. The molecule has 3 aliphatic rings. The molecule has 3 heterocycles. The summed E-state index contributed by atoms with van der Waals surface area (Å²) in [7, 11) is 0. The zero-order chi connectivity index (χ0) is 29.2. The van der Waals surface area contributed by atoms with Crippen LogP contribution in [0.25, 0.3) is 0 Å². The minimum Gasteiger partial charge on any atom is -0.465 e. The molecular weight excluding hydrogens is 600 g/mol. The molecule has 0 saturated carbocycles. The fourth-order valence-corrected chi connectivity index (χ4v) is 7.62. The first-order valence-corrected chi connectivity index (χ1v) is 15.1. The number of hydrogen-bond acceptors (Lipinski definition) is 6. The van der Waals surface area contributed by atoms with E-state index in [1.54, 1.807) is 41.3 Å². The van der Waals surface area contributed by atoms with Gasteiger partial charge in [-0.3, -0.25) is 14.4 Å². The molecule has 0 aromatic heterocycles. The number of ether oxygens (including phenoxy) is 2. The molecule has 4 rings (SSSR count). The molecule has 1 aromatic carbocycles. The lowest BCUT2D eigenvalue weighted by Gasteiger charge is -2.39. The Morgan fingerprint density at radius 3 is 2.60 bits per heavy atom. The second-order valence-corrected chi connectivity index (χ2v) is 12.8. The van der Waals surface area contributed by atoms with Gasteiger partial charge in [0, 0.05) is 22.1 Å². The van der Waals surface area contributed by atoms with Gasteiger partial charge in [0.15, 0.2) is 0 Å². The van der Waals surface area contributed by atoms with Crippen LogP contribution in [-0.4, -0.2) is 76.2 Å². The SMILES string of the molecule is C=CCCCOC(=O)[C@H]1[C@H]2C(=O)N([C@@H](CO)CC(C)C)C(C(=O)N(CC=C)c3ccc(Cl)cc3)C23CC(Br)[C@@H]1O3. The lowest BCUT2D eigenvalue weighted by atomic mass is 9.70. The standard InChI is InChI=1S/C30H38BrClN2O6/c1-5-7-8-14-39-29(38)23-24-27(36)34(21(17-35)15-18(3)4)26(30(24)16-22(31)25(23)40-30)28(37)33(13-6-2)20-11-9-19(32)10-12-20/h5-6,9-12,18,21-26,35H,1-2,7-8,13-17H2,3-4H3/t21-,22?,23+,24+,25+,26?,30?/m1/s1.